The lowest BCUT2D eigenvalue weighted by Gasteiger charge is -2.26. The molecule has 0 bridgehead atoms. The quantitative estimate of drug-likeness (QED) is 0.0616. The molecule has 11 rings (SSSR count). The number of halogens is 3. The SMILES string of the molecule is CO/C=C/c1cnn(-c2ccc(-c3ccccc3)cc2)c1-c1ccccc1F.COC[P+](c1ccccc1)(c1ccccc1)c1ccccc1.O=Cc1cnn(-c2ccc(-c3ccccc3)cc2)c1-c1ccccc1F.[Cl-]. The van der Waals surface area contributed by atoms with Crippen LogP contribution >= 0.6 is 7.26 Å². The molecule has 0 aliphatic heterocycles. The minimum atomic E-state index is -1.78. The molecule has 2 aromatic heterocycles. The monoisotopic (exact) mass is 1050 g/mol. The van der Waals surface area contributed by atoms with Crippen molar-refractivity contribution in [2.24, 2.45) is 0 Å². The Labute approximate surface area is 455 Å². The summed E-state index contributed by atoms with van der Waals surface area (Å²) < 4.78 is 42.9. The Morgan fingerprint density at radius 2 is 0.779 bits per heavy atom. The molecule has 11 aromatic rings. The first-order chi connectivity index (χ1) is 37.4. The molecular formula is C66H54ClF2N4O3P. The first kappa shape index (κ1) is 54.4. The minimum absolute atomic E-state index is 0. The first-order valence-corrected chi connectivity index (χ1v) is 26.6. The van der Waals surface area contributed by atoms with Crippen LogP contribution in [0, 0.1) is 11.6 Å². The van der Waals surface area contributed by atoms with Gasteiger partial charge in [0, 0.05) is 23.8 Å². The molecule has 0 fully saturated rings. The van der Waals surface area contributed by atoms with E-state index in [1.165, 1.54) is 34.2 Å². The molecule has 0 atom stereocenters. The Morgan fingerprint density at radius 3 is 1.14 bits per heavy atom. The summed E-state index contributed by atoms with van der Waals surface area (Å²) in [4.78, 5) is 11.4. The van der Waals surface area contributed by atoms with Crippen LogP contribution in [0.15, 0.2) is 267 Å². The summed E-state index contributed by atoms with van der Waals surface area (Å²) in [5.74, 6) is -0.685. The lowest BCUT2D eigenvalue weighted by Crippen LogP contribution is -3.00. The van der Waals surface area contributed by atoms with Crippen LogP contribution in [-0.4, -0.2) is 46.4 Å². The standard InChI is InChI=1S/C24H19FN2O.C22H15FN2O.C20H20OP.ClH/c1-28-16-15-20-17-26-27(24(20)22-9-5-6-10-23(22)25)21-13-11-19(12-14-21)18-7-3-2-4-8-18;23-21-9-5-4-8-20(21)22-18(15-26)14-24-25(22)19-12-10-17(11-13-19)16-6-2-1-3-7-16;1-21-17-22(18-11-5-2-6-12-18,19-13-7-3-8-14-19)20-15-9-4-10-16-20;/h2-17H,1H3;1-15H;2-16H,17H2,1H3;1H/q;;+1;/p-1/b16-15+;;;. The van der Waals surface area contributed by atoms with Gasteiger partial charge in [0.25, 0.3) is 0 Å². The van der Waals surface area contributed by atoms with Gasteiger partial charge in [-0.1, -0.05) is 164 Å². The van der Waals surface area contributed by atoms with Gasteiger partial charge in [-0.25, -0.2) is 18.1 Å². The van der Waals surface area contributed by atoms with Crippen LogP contribution < -0.4 is 28.3 Å². The average molecular weight is 1060 g/mol. The summed E-state index contributed by atoms with van der Waals surface area (Å²) in [6.07, 6.45) is 7.92. The highest BCUT2D eigenvalue weighted by Crippen LogP contribution is 2.55. The number of aldehydes is 1. The van der Waals surface area contributed by atoms with Crippen LogP contribution in [0.1, 0.15) is 15.9 Å². The highest BCUT2D eigenvalue weighted by Gasteiger charge is 2.45. The molecule has 0 aliphatic carbocycles. The number of rotatable bonds is 14. The van der Waals surface area contributed by atoms with E-state index in [9.17, 15) is 13.6 Å². The van der Waals surface area contributed by atoms with Crippen LogP contribution in [-0.2, 0) is 9.47 Å². The largest absolute Gasteiger partial charge is 1.00 e. The number of methoxy groups -OCH3 is 2. The second kappa shape index (κ2) is 26.6. The zero-order chi connectivity index (χ0) is 52.5. The second-order valence-electron chi connectivity index (χ2n) is 17.4. The second-order valence-corrected chi connectivity index (χ2v) is 20.8. The lowest BCUT2D eigenvalue weighted by atomic mass is 10.0. The lowest BCUT2D eigenvalue weighted by molar-refractivity contribution is -0.0000226. The van der Waals surface area contributed by atoms with Gasteiger partial charge in [0.1, 0.15) is 34.8 Å². The van der Waals surface area contributed by atoms with E-state index in [0.29, 0.717) is 40.7 Å². The Balaban J connectivity index is 0.000000153. The third-order valence-electron chi connectivity index (χ3n) is 12.7. The van der Waals surface area contributed by atoms with Crippen molar-refractivity contribution in [3.05, 3.63) is 290 Å². The maximum Gasteiger partial charge on any atom is 0.170 e. The molecule has 2 heterocycles. The van der Waals surface area contributed by atoms with Gasteiger partial charge in [-0.05, 0) is 113 Å². The van der Waals surface area contributed by atoms with Crippen LogP contribution in [0.25, 0.3) is 62.2 Å². The summed E-state index contributed by atoms with van der Waals surface area (Å²) in [6, 6.07) is 81.4. The van der Waals surface area contributed by atoms with Crippen molar-refractivity contribution < 1.29 is 35.5 Å². The third kappa shape index (κ3) is 12.5. The predicted octanol–water partition coefficient (Wildman–Crippen LogP) is 11.7. The van der Waals surface area contributed by atoms with Crippen LogP contribution in [0.3, 0.4) is 0 Å². The first-order valence-electron chi connectivity index (χ1n) is 24.6. The van der Waals surface area contributed by atoms with Crippen molar-refractivity contribution in [3.8, 4) is 56.1 Å². The molecule has 0 aliphatic rings. The zero-order valence-electron chi connectivity index (χ0n) is 42.4. The van der Waals surface area contributed by atoms with Gasteiger partial charge in [-0.3, -0.25) is 4.79 Å². The fraction of sp³-hybridized carbons (Fsp3) is 0.0455. The Morgan fingerprint density at radius 1 is 0.442 bits per heavy atom. The van der Waals surface area contributed by atoms with Gasteiger partial charge in [0.2, 0.25) is 0 Å². The van der Waals surface area contributed by atoms with E-state index in [-0.39, 0.29) is 18.2 Å². The van der Waals surface area contributed by atoms with Gasteiger partial charge in [-0.15, -0.1) is 0 Å². The predicted molar refractivity (Wildman–Crippen MR) is 307 cm³/mol. The molecule has 0 unspecified atom stereocenters. The fourth-order valence-corrected chi connectivity index (χ4v) is 12.8. The van der Waals surface area contributed by atoms with Crippen LogP contribution in [0.4, 0.5) is 8.78 Å². The summed E-state index contributed by atoms with van der Waals surface area (Å²) in [7, 11) is 1.60. The number of carbonyl (C=O) groups excluding carboxylic acids is 1. The van der Waals surface area contributed by atoms with Crippen molar-refractivity contribution in [1.82, 2.24) is 19.6 Å². The molecule has 382 valence electrons. The van der Waals surface area contributed by atoms with Gasteiger partial charge in [0.05, 0.1) is 54.1 Å². The van der Waals surface area contributed by atoms with Gasteiger partial charge >= 0.3 is 0 Å². The molecule has 0 spiro atoms. The maximum absolute atomic E-state index is 14.5. The normalized spacial score (nSPS) is 10.9. The van der Waals surface area contributed by atoms with E-state index in [4.69, 9.17) is 9.47 Å². The summed E-state index contributed by atoms with van der Waals surface area (Å²) in [5.41, 5.74) is 9.15. The van der Waals surface area contributed by atoms with E-state index in [1.807, 2.05) is 103 Å². The molecule has 11 heteroatoms. The highest BCUT2D eigenvalue weighted by molar-refractivity contribution is 7.95. The van der Waals surface area contributed by atoms with Crippen molar-refractivity contribution >= 4 is 35.5 Å². The maximum atomic E-state index is 14.5. The molecule has 0 N–H and O–H groups in total. The molecular weight excluding hydrogens is 1000 g/mol. The molecule has 9 aromatic carbocycles. The Kier molecular flexibility index (Phi) is 18.8. The minimum Gasteiger partial charge on any atom is -1.00 e. The zero-order valence-corrected chi connectivity index (χ0v) is 44.0. The third-order valence-corrected chi connectivity index (χ3v) is 16.9. The smallest absolute Gasteiger partial charge is 0.170 e. The number of ether oxygens (including phenoxy) is 2. The summed E-state index contributed by atoms with van der Waals surface area (Å²) >= 11 is 0. The average Bonchev–Trinajstić information content (AvgIpc) is 4.14. The van der Waals surface area contributed by atoms with Crippen LogP contribution in [0.2, 0.25) is 0 Å². The van der Waals surface area contributed by atoms with E-state index >= 15 is 0 Å². The fourth-order valence-electron chi connectivity index (χ4n) is 9.07. The van der Waals surface area contributed by atoms with Crippen molar-refractivity contribution in [2.45, 2.75) is 0 Å². The Hall–Kier alpha value is -8.85. The van der Waals surface area contributed by atoms with Crippen molar-refractivity contribution in [2.75, 3.05) is 20.6 Å². The van der Waals surface area contributed by atoms with E-state index in [1.54, 1.807) is 72.4 Å². The van der Waals surface area contributed by atoms with E-state index in [2.05, 4.69) is 113 Å². The summed E-state index contributed by atoms with van der Waals surface area (Å²) in [5, 5.41) is 12.9. The number of carbonyl (C=O) groups is 1. The topological polar surface area (TPSA) is 71.2 Å². The number of aromatic nitrogens is 4. The van der Waals surface area contributed by atoms with Gasteiger partial charge < -0.3 is 21.9 Å². The molecule has 0 saturated carbocycles. The van der Waals surface area contributed by atoms with Crippen molar-refractivity contribution in [3.63, 3.8) is 0 Å². The van der Waals surface area contributed by atoms with E-state index < -0.39 is 13.1 Å². The van der Waals surface area contributed by atoms with E-state index in [0.717, 1.165) is 39.2 Å². The number of nitrogens with zero attached hydrogens (tertiary/aromatic N) is 4. The summed E-state index contributed by atoms with van der Waals surface area (Å²) in [6.45, 7) is 0. The van der Waals surface area contributed by atoms with Crippen LogP contribution in [0.5, 0.6) is 0 Å². The molecule has 7 nitrogen and oxygen atoms in total. The molecule has 0 radical (unpaired) electrons. The van der Waals surface area contributed by atoms with Gasteiger partial charge in [0.15, 0.2) is 12.6 Å². The number of hydrogen-bond acceptors (Lipinski definition) is 5. The Bertz CT molecular complexity index is 3520. The van der Waals surface area contributed by atoms with Gasteiger partial charge in [-0.2, -0.15) is 10.2 Å². The number of benzene rings is 9. The number of hydrogen-bond donors (Lipinski definition) is 0. The molecule has 0 saturated heterocycles. The molecule has 77 heavy (non-hydrogen) atoms. The molecule has 0 amide bonds. The highest BCUT2D eigenvalue weighted by atomic mass is 35.5. The van der Waals surface area contributed by atoms with Crippen molar-refractivity contribution in [1.29, 1.82) is 0 Å².